The van der Waals surface area contributed by atoms with E-state index in [4.69, 9.17) is 13.3 Å². The van der Waals surface area contributed by atoms with Crippen LogP contribution in [0.15, 0.2) is 12.2 Å². The average Bonchev–Trinajstić information content (AvgIpc) is 2.55. The van der Waals surface area contributed by atoms with E-state index in [1.165, 1.54) is 51.9 Å². The predicted molar refractivity (Wildman–Crippen MR) is 94.7 cm³/mol. The molecular weight excluding hydrogens is 312 g/mol. The minimum atomic E-state index is -2.30. The number of carbonyl (C=O) groups excluding carboxylic acids is 1. The largest absolute Gasteiger partial charge is 0.500 e. The number of rotatable bonds is 13. The van der Waals surface area contributed by atoms with Gasteiger partial charge in [-0.2, -0.15) is 0 Å². The van der Waals surface area contributed by atoms with Crippen molar-refractivity contribution in [1.82, 2.24) is 0 Å². The van der Waals surface area contributed by atoms with Crippen LogP contribution in [0.5, 0.6) is 0 Å². The maximum absolute atomic E-state index is 9.49. The molecule has 0 heterocycles. The van der Waals surface area contributed by atoms with Crippen LogP contribution in [-0.4, -0.2) is 36.1 Å². The van der Waals surface area contributed by atoms with Crippen molar-refractivity contribution in [3.05, 3.63) is 12.2 Å². The Labute approximate surface area is 143 Å². The quantitative estimate of drug-likeness (QED) is 0.279. The van der Waals surface area contributed by atoms with Gasteiger partial charge in [0.2, 0.25) is 0 Å². The standard InChI is InChI=1S/C13H30O3Si.C4H5O2/c1-5-6-7-8-9-10-11-12-13-17(14-2,15-3)16-4;1-3(2)4(5)6/h5-13H2,1-4H3;1H2,2H3. The van der Waals surface area contributed by atoms with Crippen molar-refractivity contribution < 1.29 is 23.2 Å². The lowest BCUT2D eigenvalue weighted by atomic mass is 10.1. The molecule has 0 saturated carbocycles. The number of unbranched alkanes of at least 4 members (excludes halogenated alkanes) is 7. The molecule has 5 nitrogen and oxygen atoms in total. The molecule has 0 aliphatic heterocycles. The van der Waals surface area contributed by atoms with Crippen LogP contribution in [0.1, 0.15) is 65.2 Å². The highest BCUT2D eigenvalue weighted by Crippen LogP contribution is 2.18. The summed E-state index contributed by atoms with van der Waals surface area (Å²) in [5, 5.41) is 9.49. The Morgan fingerprint density at radius 1 is 0.870 bits per heavy atom. The van der Waals surface area contributed by atoms with Gasteiger partial charge in [0, 0.05) is 32.9 Å². The summed E-state index contributed by atoms with van der Waals surface area (Å²) in [6.45, 7) is 6.73. The van der Waals surface area contributed by atoms with Crippen molar-refractivity contribution in [3.8, 4) is 0 Å². The lowest BCUT2D eigenvalue weighted by Crippen LogP contribution is -2.42. The van der Waals surface area contributed by atoms with Gasteiger partial charge in [0.15, 0.2) is 0 Å². The van der Waals surface area contributed by atoms with Crippen LogP contribution < -0.4 is 0 Å². The molecule has 0 atom stereocenters. The average molecular weight is 348 g/mol. The third kappa shape index (κ3) is 14.6. The van der Waals surface area contributed by atoms with Crippen LogP contribution in [0.2, 0.25) is 6.04 Å². The summed E-state index contributed by atoms with van der Waals surface area (Å²) in [7, 11) is 2.75. The first-order chi connectivity index (χ1) is 10.9. The van der Waals surface area contributed by atoms with Gasteiger partial charge < -0.3 is 13.3 Å². The van der Waals surface area contributed by atoms with Crippen LogP contribution in [-0.2, 0) is 23.2 Å². The topological polar surface area (TPSA) is 64.7 Å². The fourth-order valence-corrected chi connectivity index (χ4v) is 3.83. The van der Waals surface area contributed by atoms with Crippen molar-refractivity contribution in [2.45, 2.75) is 71.3 Å². The molecule has 23 heavy (non-hydrogen) atoms. The van der Waals surface area contributed by atoms with Gasteiger partial charge in [0.25, 0.3) is 0 Å². The zero-order valence-corrected chi connectivity index (χ0v) is 16.6. The van der Waals surface area contributed by atoms with E-state index in [1.807, 2.05) is 0 Å². The van der Waals surface area contributed by atoms with Gasteiger partial charge >= 0.3 is 14.8 Å². The first-order valence-electron chi connectivity index (χ1n) is 8.41. The molecule has 1 radical (unpaired) electrons. The second kappa shape index (κ2) is 16.2. The molecule has 0 aromatic rings. The minimum absolute atomic E-state index is 0.0648. The first kappa shape index (κ1) is 24.6. The SMILES string of the molecule is C=C(C)C([O])=O.CCCCCCCCCC[Si](OC)(OC)OC. The van der Waals surface area contributed by atoms with E-state index in [1.54, 1.807) is 21.3 Å². The van der Waals surface area contributed by atoms with Gasteiger partial charge in [-0.1, -0.05) is 58.4 Å². The summed E-state index contributed by atoms with van der Waals surface area (Å²) >= 11 is 0. The molecule has 0 aromatic carbocycles. The summed E-state index contributed by atoms with van der Waals surface area (Å²) < 4.78 is 16.2. The molecule has 6 heteroatoms. The third-order valence-electron chi connectivity index (χ3n) is 3.62. The van der Waals surface area contributed by atoms with Gasteiger partial charge in [0.1, 0.15) is 0 Å². The molecular formula is C17H35O5Si. The van der Waals surface area contributed by atoms with Gasteiger partial charge in [-0.3, -0.25) is 0 Å². The van der Waals surface area contributed by atoms with E-state index in [0.717, 1.165) is 12.5 Å². The van der Waals surface area contributed by atoms with Crippen LogP contribution >= 0.6 is 0 Å². The van der Waals surface area contributed by atoms with Gasteiger partial charge in [-0.05, 0) is 13.3 Å². The minimum Gasteiger partial charge on any atom is -0.377 e. The molecule has 0 spiro atoms. The molecule has 0 amide bonds. The van der Waals surface area contributed by atoms with Crippen molar-refractivity contribution >= 4 is 14.8 Å². The monoisotopic (exact) mass is 347 g/mol. The highest BCUT2D eigenvalue weighted by molar-refractivity contribution is 6.60. The van der Waals surface area contributed by atoms with Crippen LogP contribution in [0.4, 0.5) is 0 Å². The predicted octanol–water partition coefficient (Wildman–Crippen LogP) is 4.52. The Hall–Kier alpha value is -0.693. The van der Waals surface area contributed by atoms with Crippen LogP contribution in [0, 0.1) is 0 Å². The van der Waals surface area contributed by atoms with E-state index in [0.29, 0.717) is 0 Å². The molecule has 137 valence electrons. The molecule has 0 aliphatic rings. The van der Waals surface area contributed by atoms with Crippen molar-refractivity contribution in [2.24, 2.45) is 0 Å². The van der Waals surface area contributed by atoms with Gasteiger partial charge in [0.05, 0.1) is 0 Å². The van der Waals surface area contributed by atoms with Crippen LogP contribution in [0.25, 0.3) is 0 Å². The second-order valence-corrected chi connectivity index (χ2v) is 8.68. The summed E-state index contributed by atoms with van der Waals surface area (Å²) in [5.74, 6) is -1.19. The highest BCUT2D eigenvalue weighted by Gasteiger charge is 2.36. The van der Waals surface area contributed by atoms with E-state index in [2.05, 4.69) is 13.5 Å². The molecule has 0 aromatic heterocycles. The Kier molecular flexibility index (Phi) is 17.3. The zero-order chi connectivity index (χ0) is 18.1. The number of hydrogen-bond acceptors (Lipinski definition) is 4. The Bertz CT molecular complexity index is 283. The Morgan fingerprint density at radius 2 is 1.22 bits per heavy atom. The highest BCUT2D eigenvalue weighted by atomic mass is 28.4. The first-order valence-corrected chi connectivity index (χ1v) is 10.3. The summed E-state index contributed by atoms with van der Waals surface area (Å²) in [6.07, 6.45) is 10.6. The lowest BCUT2D eigenvalue weighted by Gasteiger charge is -2.24. The van der Waals surface area contributed by atoms with Crippen molar-refractivity contribution in [1.29, 1.82) is 0 Å². The fraction of sp³-hybridized carbons (Fsp3) is 0.824. The van der Waals surface area contributed by atoms with Gasteiger partial charge in [-0.25, -0.2) is 9.90 Å². The number of carbonyl (C=O) groups is 1. The smallest absolute Gasteiger partial charge is 0.377 e. The molecule has 0 N–H and O–H groups in total. The van der Waals surface area contributed by atoms with Crippen molar-refractivity contribution in [2.75, 3.05) is 21.3 Å². The molecule has 0 aliphatic carbocycles. The lowest BCUT2D eigenvalue weighted by molar-refractivity contribution is -0.138. The summed E-state index contributed by atoms with van der Waals surface area (Å²) in [6, 6.07) is 0.936. The van der Waals surface area contributed by atoms with E-state index in [9.17, 15) is 9.90 Å². The second-order valence-electron chi connectivity index (χ2n) is 5.59. The third-order valence-corrected chi connectivity index (χ3v) is 6.45. The molecule has 0 fully saturated rings. The zero-order valence-electron chi connectivity index (χ0n) is 15.6. The number of hydrogen-bond donors (Lipinski definition) is 0. The summed E-state index contributed by atoms with van der Waals surface area (Å²) in [4.78, 5) is 9.49. The maximum Gasteiger partial charge on any atom is 0.500 e. The Balaban J connectivity index is 0. The fourth-order valence-electron chi connectivity index (χ4n) is 2.03. The normalized spacial score (nSPS) is 10.8. The maximum atomic E-state index is 9.49. The van der Waals surface area contributed by atoms with Gasteiger partial charge in [-0.15, -0.1) is 0 Å². The van der Waals surface area contributed by atoms with E-state index >= 15 is 0 Å². The van der Waals surface area contributed by atoms with Crippen molar-refractivity contribution in [3.63, 3.8) is 0 Å². The van der Waals surface area contributed by atoms with E-state index in [-0.39, 0.29) is 5.57 Å². The molecule has 0 rings (SSSR count). The molecule has 0 bridgehead atoms. The molecule has 0 saturated heterocycles. The summed E-state index contributed by atoms with van der Waals surface area (Å²) in [5.41, 5.74) is 0.0648. The van der Waals surface area contributed by atoms with E-state index < -0.39 is 14.8 Å². The molecule has 0 unspecified atom stereocenters. The van der Waals surface area contributed by atoms with Crippen LogP contribution in [0.3, 0.4) is 0 Å². The Morgan fingerprint density at radius 3 is 1.52 bits per heavy atom.